The molecule has 5 nitrogen and oxygen atoms in total. The first-order chi connectivity index (χ1) is 9.04. The number of nitrogens with one attached hydrogen (secondary N) is 1. The second kappa shape index (κ2) is 11.8. The van der Waals surface area contributed by atoms with Gasteiger partial charge in [0.25, 0.3) is 0 Å². The smallest absolute Gasteiger partial charge is 0.342 e. The molecule has 0 aliphatic rings. The topological polar surface area (TPSA) is 78.4 Å². The van der Waals surface area contributed by atoms with Crippen molar-refractivity contribution >= 4 is 11.9 Å². The molecule has 0 amide bonds. The first-order valence-electron chi connectivity index (χ1n) is 7.29. The number of carbonyl (C=O) groups is 1. The average molecular weight is 272 g/mol. The number of hydrogen-bond donors (Lipinski definition) is 3. The fraction of sp³-hybridized carbons (Fsp3) is 0.857. The second-order valence-electron chi connectivity index (χ2n) is 5.18. The Labute approximate surface area is 116 Å². The Hall–Kier alpha value is -1.26. The lowest BCUT2D eigenvalue weighted by Gasteiger charge is -2.03. The summed E-state index contributed by atoms with van der Waals surface area (Å²) >= 11 is 0. The Morgan fingerprint density at radius 3 is 1.95 bits per heavy atom. The number of hydrogen-bond acceptors (Lipinski definition) is 1. The van der Waals surface area contributed by atoms with Crippen LogP contribution in [-0.2, 0) is 4.79 Å². The molecular formula is C14H30N3O2+. The zero-order chi connectivity index (χ0) is 14.5. The number of carboxylic acid groups (broad SMARTS) is 1. The Morgan fingerprint density at radius 1 is 1.00 bits per heavy atom. The molecule has 0 heterocycles. The van der Waals surface area contributed by atoms with Gasteiger partial charge in [0, 0.05) is 6.42 Å². The van der Waals surface area contributed by atoms with Crippen LogP contribution in [0.15, 0.2) is 0 Å². The molecule has 19 heavy (non-hydrogen) atoms. The molecule has 5 heteroatoms. The van der Waals surface area contributed by atoms with E-state index in [-0.39, 0.29) is 0 Å². The maximum Gasteiger partial charge on any atom is 0.342 e. The minimum Gasteiger partial charge on any atom is -0.481 e. The van der Waals surface area contributed by atoms with Crippen LogP contribution in [-0.4, -0.2) is 42.3 Å². The number of guanidine groups is 1. The van der Waals surface area contributed by atoms with E-state index in [1.807, 2.05) is 18.7 Å². The zero-order valence-corrected chi connectivity index (χ0v) is 12.5. The van der Waals surface area contributed by atoms with Gasteiger partial charge < -0.3 is 5.11 Å². The van der Waals surface area contributed by atoms with Crippen molar-refractivity contribution in [2.45, 2.75) is 57.8 Å². The predicted molar refractivity (Wildman–Crippen MR) is 78.5 cm³/mol. The highest BCUT2D eigenvalue weighted by Crippen LogP contribution is 2.09. The summed E-state index contributed by atoms with van der Waals surface area (Å²) in [5.41, 5.74) is 5.74. The zero-order valence-electron chi connectivity index (χ0n) is 12.5. The van der Waals surface area contributed by atoms with Crippen LogP contribution < -0.4 is 11.1 Å². The highest BCUT2D eigenvalue weighted by Gasteiger charge is 1.99. The first-order valence-corrected chi connectivity index (χ1v) is 7.29. The SMILES string of the molecule is C[N+](C)=C(N)NCCCCCCCCCCC(=O)O. The molecule has 0 aromatic carbocycles. The Kier molecular flexibility index (Phi) is 11.0. The van der Waals surface area contributed by atoms with Crippen LogP contribution >= 0.6 is 0 Å². The largest absolute Gasteiger partial charge is 0.481 e. The summed E-state index contributed by atoms with van der Waals surface area (Å²) in [5, 5.41) is 11.7. The highest BCUT2D eigenvalue weighted by atomic mass is 16.4. The van der Waals surface area contributed by atoms with Gasteiger partial charge in [-0.3, -0.25) is 20.4 Å². The van der Waals surface area contributed by atoms with E-state index in [1.165, 1.54) is 25.7 Å². The van der Waals surface area contributed by atoms with Gasteiger partial charge in [-0.05, 0) is 12.8 Å². The lowest BCUT2D eigenvalue weighted by atomic mass is 10.1. The summed E-state index contributed by atoms with van der Waals surface area (Å²) in [5.74, 6) is 0.0414. The number of aliphatic carboxylic acids is 1. The lowest BCUT2D eigenvalue weighted by molar-refractivity contribution is -0.467. The molecule has 0 fully saturated rings. The van der Waals surface area contributed by atoms with Gasteiger partial charge in [0.15, 0.2) is 0 Å². The molecule has 0 rings (SSSR count). The molecule has 0 unspecified atom stereocenters. The van der Waals surface area contributed by atoms with E-state index in [0.717, 1.165) is 38.2 Å². The Balaban J connectivity index is 3.15. The van der Waals surface area contributed by atoms with Crippen molar-refractivity contribution in [3.63, 3.8) is 0 Å². The van der Waals surface area contributed by atoms with Gasteiger partial charge >= 0.3 is 11.9 Å². The average Bonchev–Trinajstić information content (AvgIpc) is 2.35. The van der Waals surface area contributed by atoms with Crippen molar-refractivity contribution in [2.75, 3.05) is 20.6 Å². The van der Waals surface area contributed by atoms with Gasteiger partial charge in [0.2, 0.25) is 0 Å². The molecular weight excluding hydrogens is 242 g/mol. The standard InChI is InChI=1S/C14H29N3O2/c1-17(2)14(15)16-12-10-8-6-4-3-5-7-9-11-13(18)19/h3-12H2,1-2H3,(H3,15,16,18,19)/p+1. The number of rotatable bonds is 11. The van der Waals surface area contributed by atoms with Crippen molar-refractivity contribution < 1.29 is 14.5 Å². The van der Waals surface area contributed by atoms with Gasteiger partial charge in [0.1, 0.15) is 0 Å². The molecule has 0 aliphatic heterocycles. The molecule has 4 N–H and O–H groups in total. The summed E-state index contributed by atoms with van der Waals surface area (Å²) < 4.78 is 1.87. The minimum absolute atomic E-state index is 0.315. The maximum atomic E-state index is 10.3. The van der Waals surface area contributed by atoms with Gasteiger partial charge in [-0.25, -0.2) is 0 Å². The molecule has 0 spiro atoms. The van der Waals surface area contributed by atoms with Gasteiger partial charge in [-0.15, -0.1) is 0 Å². The maximum absolute atomic E-state index is 10.3. The van der Waals surface area contributed by atoms with E-state index in [9.17, 15) is 4.79 Å². The predicted octanol–water partition coefficient (Wildman–Crippen LogP) is 1.76. The summed E-state index contributed by atoms with van der Waals surface area (Å²) in [4.78, 5) is 10.3. The molecule has 0 aromatic rings. The van der Waals surface area contributed by atoms with Crippen LogP contribution in [0.5, 0.6) is 0 Å². The summed E-state index contributed by atoms with van der Waals surface area (Å²) in [7, 11) is 3.85. The molecule has 0 saturated carbocycles. The van der Waals surface area contributed by atoms with Crippen molar-refractivity contribution in [3.05, 3.63) is 0 Å². The quantitative estimate of drug-likeness (QED) is 0.232. The molecule has 112 valence electrons. The Bertz CT molecular complexity index is 274. The van der Waals surface area contributed by atoms with E-state index in [4.69, 9.17) is 10.8 Å². The van der Waals surface area contributed by atoms with E-state index in [1.54, 1.807) is 0 Å². The van der Waals surface area contributed by atoms with Crippen molar-refractivity contribution in [2.24, 2.45) is 5.73 Å². The van der Waals surface area contributed by atoms with Crippen molar-refractivity contribution in [1.29, 1.82) is 0 Å². The van der Waals surface area contributed by atoms with Crippen molar-refractivity contribution in [3.8, 4) is 0 Å². The number of nitrogens with two attached hydrogens (primary N) is 1. The number of carboxylic acids is 1. The Morgan fingerprint density at radius 2 is 1.47 bits per heavy atom. The third kappa shape index (κ3) is 13.0. The molecule has 0 atom stereocenters. The summed E-state index contributed by atoms with van der Waals surface area (Å²) in [6.45, 7) is 0.933. The van der Waals surface area contributed by atoms with Gasteiger partial charge in [-0.2, -0.15) is 0 Å². The summed E-state index contributed by atoms with van der Waals surface area (Å²) in [6, 6.07) is 0. The van der Waals surface area contributed by atoms with E-state index in [2.05, 4.69) is 5.32 Å². The fourth-order valence-corrected chi connectivity index (χ4v) is 1.84. The van der Waals surface area contributed by atoms with Gasteiger partial charge in [0.05, 0.1) is 20.6 Å². The van der Waals surface area contributed by atoms with Crippen molar-refractivity contribution in [1.82, 2.24) is 5.32 Å². The molecule has 0 aliphatic carbocycles. The first kappa shape index (κ1) is 17.7. The second-order valence-corrected chi connectivity index (χ2v) is 5.18. The number of unbranched alkanes of at least 4 members (excludes halogenated alkanes) is 7. The van der Waals surface area contributed by atoms with Crippen LogP contribution in [0, 0.1) is 0 Å². The van der Waals surface area contributed by atoms with Crippen LogP contribution in [0.3, 0.4) is 0 Å². The lowest BCUT2D eigenvalue weighted by Crippen LogP contribution is -2.38. The third-order valence-corrected chi connectivity index (χ3v) is 3.11. The summed E-state index contributed by atoms with van der Waals surface area (Å²) in [6.07, 6.45) is 9.43. The minimum atomic E-state index is -0.679. The van der Waals surface area contributed by atoms with Crippen LogP contribution in [0.25, 0.3) is 0 Å². The van der Waals surface area contributed by atoms with Crippen LogP contribution in [0.1, 0.15) is 57.8 Å². The van der Waals surface area contributed by atoms with Gasteiger partial charge in [-0.1, -0.05) is 38.5 Å². The third-order valence-electron chi connectivity index (χ3n) is 3.11. The van der Waals surface area contributed by atoms with E-state index in [0.29, 0.717) is 6.42 Å². The molecule has 0 saturated heterocycles. The fourth-order valence-electron chi connectivity index (χ4n) is 1.84. The van der Waals surface area contributed by atoms with E-state index >= 15 is 0 Å². The molecule has 0 aromatic heterocycles. The molecule has 0 bridgehead atoms. The number of nitrogens with zero attached hydrogens (tertiary/aromatic N) is 1. The van der Waals surface area contributed by atoms with E-state index < -0.39 is 5.97 Å². The van der Waals surface area contributed by atoms with Crippen LogP contribution in [0.2, 0.25) is 0 Å². The monoisotopic (exact) mass is 272 g/mol. The van der Waals surface area contributed by atoms with Crippen LogP contribution in [0.4, 0.5) is 0 Å². The normalized spacial score (nSPS) is 10.2. The highest BCUT2D eigenvalue weighted by molar-refractivity contribution is 5.72. The molecule has 0 radical (unpaired) electrons.